The minimum atomic E-state index is -0.763. The molecule has 1 fully saturated rings. The Morgan fingerprint density at radius 1 is 0.733 bits per heavy atom. The van der Waals surface area contributed by atoms with Gasteiger partial charge in [0.05, 0.1) is 21.3 Å². The summed E-state index contributed by atoms with van der Waals surface area (Å²) in [7, 11) is 0. The summed E-state index contributed by atoms with van der Waals surface area (Å²) in [5.74, 6) is -2.82. The molecule has 4 aromatic carbocycles. The molecule has 0 unspecified atom stereocenters. The summed E-state index contributed by atoms with van der Waals surface area (Å²) in [6.45, 7) is -0.465. The molecular formula is C32H23N3O10. The van der Waals surface area contributed by atoms with E-state index in [1.54, 1.807) is 36.4 Å². The van der Waals surface area contributed by atoms with E-state index in [4.69, 9.17) is 9.47 Å². The standard InChI is InChI=1S/C32H23N3O10/c36-29(22-7-15-28(16-8-22)45-32(39)23-5-13-27(14-6-23)35(42)43)19-44-31(38)24-17-30(37)33(18-24)25-9-1-20(2-10-25)21-3-11-26(12-4-21)34(40)41/h1-16,24H,17-19H2/t24-/m0/s1. The highest BCUT2D eigenvalue weighted by Crippen LogP contribution is 2.29. The maximum Gasteiger partial charge on any atom is 0.343 e. The maximum atomic E-state index is 12.7. The number of anilines is 1. The Labute approximate surface area is 254 Å². The van der Waals surface area contributed by atoms with Gasteiger partial charge in [-0.1, -0.05) is 12.1 Å². The lowest BCUT2D eigenvalue weighted by Gasteiger charge is -2.17. The van der Waals surface area contributed by atoms with Crippen molar-refractivity contribution in [2.24, 2.45) is 5.92 Å². The summed E-state index contributed by atoms with van der Waals surface area (Å²) >= 11 is 0. The molecule has 0 spiro atoms. The van der Waals surface area contributed by atoms with Crippen molar-refractivity contribution in [3.05, 3.63) is 128 Å². The first-order chi connectivity index (χ1) is 21.6. The van der Waals surface area contributed by atoms with Crippen LogP contribution in [0.25, 0.3) is 11.1 Å². The van der Waals surface area contributed by atoms with Gasteiger partial charge in [0, 0.05) is 48.5 Å². The predicted molar refractivity (Wildman–Crippen MR) is 159 cm³/mol. The zero-order valence-electron chi connectivity index (χ0n) is 23.4. The third kappa shape index (κ3) is 7.05. The molecule has 1 heterocycles. The van der Waals surface area contributed by atoms with Crippen LogP contribution in [0.1, 0.15) is 27.1 Å². The second-order valence-electron chi connectivity index (χ2n) is 10.0. The monoisotopic (exact) mass is 609 g/mol. The van der Waals surface area contributed by atoms with Gasteiger partial charge < -0.3 is 14.4 Å². The molecule has 0 aliphatic carbocycles. The highest BCUT2D eigenvalue weighted by molar-refractivity contribution is 6.01. The number of nitro benzene ring substituents is 2. The van der Waals surface area contributed by atoms with E-state index >= 15 is 0 Å². The van der Waals surface area contributed by atoms with E-state index in [1.807, 2.05) is 0 Å². The van der Waals surface area contributed by atoms with Gasteiger partial charge in [-0.2, -0.15) is 0 Å². The molecule has 0 N–H and O–H groups in total. The molecule has 5 rings (SSSR count). The Bertz CT molecular complexity index is 1790. The fourth-order valence-corrected chi connectivity index (χ4v) is 4.66. The molecule has 13 heteroatoms. The lowest BCUT2D eigenvalue weighted by atomic mass is 10.0. The van der Waals surface area contributed by atoms with Gasteiger partial charge in [-0.05, 0) is 71.8 Å². The highest BCUT2D eigenvalue weighted by atomic mass is 16.6. The van der Waals surface area contributed by atoms with Gasteiger partial charge in [0.2, 0.25) is 5.91 Å². The predicted octanol–water partition coefficient (Wildman–Crippen LogP) is 5.17. The summed E-state index contributed by atoms with van der Waals surface area (Å²) in [5.41, 5.74) is 2.27. The molecule has 0 saturated carbocycles. The van der Waals surface area contributed by atoms with Crippen LogP contribution in [-0.2, 0) is 14.3 Å². The average molecular weight is 610 g/mol. The minimum Gasteiger partial charge on any atom is -0.457 e. The lowest BCUT2D eigenvalue weighted by Crippen LogP contribution is -2.27. The number of esters is 2. The number of non-ortho nitro benzene ring substituents is 2. The lowest BCUT2D eigenvalue weighted by molar-refractivity contribution is -0.385. The van der Waals surface area contributed by atoms with Crippen molar-refractivity contribution in [3.63, 3.8) is 0 Å². The van der Waals surface area contributed by atoms with Crippen molar-refractivity contribution in [1.29, 1.82) is 0 Å². The van der Waals surface area contributed by atoms with Gasteiger partial charge >= 0.3 is 11.9 Å². The van der Waals surface area contributed by atoms with Crippen LogP contribution in [0.2, 0.25) is 0 Å². The number of carbonyl (C=O) groups excluding carboxylic acids is 4. The number of Topliss-reactive ketones (excluding diaryl/α,β-unsaturated/α-hetero) is 1. The van der Waals surface area contributed by atoms with Crippen LogP contribution in [0.4, 0.5) is 17.1 Å². The minimum absolute atomic E-state index is 0.0170. The van der Waals surface area contributed by atoms with Gasteiger partial charge in [-0.15, -0.1) is 0 Å². The molecule has 1 atom stereocenters. The van der Waals surface area contributed by atoms with Gasteiger partial charge in [-0.25, -0.2) is 4.79 Å². The molecule has 45 heavy (non-hydrogen) atoms. The topological polar surface area (TPSA) is 176 Å². The Balaban J connectivity index is 1.11. The van der Waals surface area contributed by atoms with E-state index in [0.717, 1.165) is 11.1 Å². The largest absolute Gasteiger partial charge is 0.457 e. The molecule has 0 radical (unpaired) electrons. The number of hydrogen-bond acceptors (Lipinski definition) is 10. The van der Waals surface area contributed by atoms with Crippen molar-refractivity contribution < 1.29 is 38.5 Å². The number of rotatable bonds is 10. The molecule has 1 aliphatic heterocycles. The first kappa shape index (κ1) is 30.2. The van der Waals surface area contributed by atoms with Crippen LogP contribution >= 0.6 is 0 Å². The average Bonchev–Trinajstić information content (AvgIpc) is 3.45. The number of hydrogen-bond donors (Lipinski definition) is 0. The fourth-order valence-electron chi connectivity index (χ4n) is 4.66. The van der Waals surface area contributed by atoms with E-state index in [9.17, 15) is 39.4 Å². The Morgan fingerprint density at radius 3 is 1.80 bits per heavy atom. The highest BCUT2D eigenvalue weighted by Gasteiger charge is 2.36. The van der Waals surface area contributed by atoms with Crippen LogP contribution in [0.5, 0.6) is 5.75 Å². The normalized spacial score (nSPS) is 14.1. The smallest absolute Gasteiger partial charge is 0.343 e. The summed E-state index contributed by atoms with van der Waals surface area (Å²) < 4.78 is 10.4. The quantitative estimate of drug-likeness (QED) is 0.0766. The SMILES string of the molecule is O=C(COC(=O)[C@H]1CC(=O)N(c2ccc(-c3ccc([N+](=O)[O-])cc3)cc2)C1)c1ccc(OC(=O)c2ccc([N+](=O)[O-])cc2)cc1. The number of ketones is 1. The molecule has 1 aliphatic rings. The van der Waals surface area contributed by atoms with E-state index in [1.165, 1.54) is 65.6 Å². The Hall–Kier alpha value is -6.24. The molecule has 13 nitrogen and oxygen atoms in total. The molecule has 1 saturated heterocycles. The third-order valence-corrected chi connectivity index (χ3v) is 7.09. The van der Waals surface area contributed by atoms with Crippen molar-refractivity contribution in [2.75, 3.05) is 18.1 Å². The first-order valence-corrected chi connectivity index (χ1v) is 13.5. The number of nitrogens with zero attached hydrogens (tertiary/aromatic N) is 3. The summed E-state index contributed by atoms with van der Waals surface area (Å²) in [6, 6.07) is 23.5. The van der Waals surface area contributed by atoms with Crippen molar-refractivity contribution >= 4 is 40.7 Å². The van der Waals surface area contributed by atoms with Gasteiger partial charge in [-0.3, -0.25) is 34.6 Å². The van der Waals surface area contributed by atoms with E-state index in [0.29, 0.717) is 5.69 Å². The summed E-state index contributed by atoms with van der Waals surface area (Å²) in [5, 5.41) is 21.6. The number of nitro groups is 2. The number of carbonyl (C=O) groups is 4. The molecule has 0 aromatic heterocycles. The van der Waals surface area contributed by atoms with Gasteiger partial charge in [0.1, 0.15) is 5.75 Å². The summed E-state index contributed by atoms with van der Waals surface area (Å²) in [6.07, 6.45) is -0.0774. The number of amides is 1. The fraction of sp³-hybridized carbons (Fsp3) is 0.125. The van der Waals surface area contributed by atoms with E-state index in [2.05, 4.69) is 0 Å². The third-order valence-electron chi connectivity index (χ3n) is 7.09. The second-order valence-corrected chi connectivity index (χ2v) is 10.0. The molecular weight excluding hydrogens is 586 g/mol. The molecule has 4 aromatic rings. The Kier molecular flexibility index (Phi) is 8.70. The second kappa shape index (κ2) is 13.0. The van der Waals surface area contributed by atoms with Crippen LogP contribution in [0.3, 0.4) is 0 Å². The van der Waals surface area contributed by atoms with E-state index in [-0.39, 0.29) is 47.1 Å². The Morgan fingerprint density at radius 2 is 1.24 bits per heavy atom. The van der Waals surface area contributed by atoms with Crippen LogP contribution < -0.4 is 9.64 Å². The first-order valence-electron chi connectivity index (χ1n) is 13.5. The summed E-state index contributed by atoms with van der Waals surface area (Å²) in [4.78, 5) is 72.3. The van der Waals surface area contributed by atoms with E-state index < -0.39 is 40.1 Å². The van der Waals surface area contributed by atoms with Gasteiger partial charge in [0.25, 0.3) is 11.4 Å². The van der Waals surface area contributed by atoms with Crippen molar-refractivity contribution in [2.45, 2.75) is 6.42 Å². The van der Waals surface area contributed by atoms with Crippen LogP contribution in [0.15, 0.2) is 97.1 Å². The molecule has 0 bridgehead atoms. The molecule has 1 amide bonds. The number of ether oxygens (including phenoxy) is 2. The van der Waals surface area contributed by atoms with Gasteiger partial charge in [0.15, 0.2) is 12.4 Å². The molecule has 226 valence electrons. The maximum absolute atomic E-state index is 12.7. The number of benzene rings is 4. The van der Waals surface area contributed by atoms with Crippen LogP contribution in [0, 0.1) is 26.1 Å². The zero-order valence-corrected chi connectivity index (χ0v) is 23.4. The van der Waals surface area contributed by atoms with Crippen molar-refractivity contribution in [1.82, 2.24) is 0 Å². The van der Waals surface area contributed by atoms with Crippen LogP contribution in [-0.4, -0.2) is 46.6 Å². The zero-order chi connectivity index (χ0) is 32.1. The van der Waals surface area contributed by atoms with Crippen molar-refractivity contribution in [3.8, 4) is 16.9 Å².